The molecule has 0 radical (unpaired) electrons. The Morgan fingerprint density at radius 3 is 2.76 bits per heavy atom. The fourth-order valence-electron chi connectivity index (χ4n) is 2.04. The Bertz CT molecular complexity index is 389. The molecule has 1 aromatic carbocycles. The molecule has 0 aromatic heterocycles. The molecule has 1 unspecified atom stereocenters. The van der Waals surface area contributed by atoms with E-state index in [1.165, 1.54) is 17.9 Å². The molecule has 2 nitrogen and oxygen atoms in total. The van der Waals surface area contributed by atoms with Crippen LogP contribution in [-0.2, 0) is 0 Å². The Morgan fingerprint density at radius 2 is 2.18 bits per heavy atom. The van der Waals surface area contributed by atoms with E-state index in [0.717, 1.165) is 23.9 Å². The minimum absolute atomic E-state index is 0.470. The highest BCUT2D eigenvalue weighted by Crippen LogP contribution is 2.25. The molecule has 1 fully saturated rings. The van der Waals surface area contributed by atoms with Crippen molar-refractivity contribution in [2.24, 2.45) is 5.73 Å². The lowest BCUT2D eigenvalue weighted by Gasteiger charge is -2.33. The van der Waals surface area contributed by atoms with Crippen molar-refractivity contribution in [3.63, 3.8) is 0 Å². The zero-order chi connectivity index (χ0) is 12.3. The maximum absolute atomic E-state index is 5.60. The first kappa shape index (κ1) is 12.7. The van der Waals surface area contributed by atoms with Crippen molar-refractivity contribution in [1.82, 2.24) is 0 Å². The minimum atomic E-state index is 0.470. The summed E-state index contributed by atoms with van der Waals surface area (Å²) in [6.07, 6.45) is 1.24. The molecule has 0 spiro atoms. The number of hydrogen-bond donors (Lipinski definition) is 1. The largest absolute Gasteiger partial charge is 0.389 e. The van der Waals surface area contributed by atoms with Gasteiger partial charge in [-0.2, -0.15) is 11.8 Å². The van der Waals surface area contributed by atoms with Gasteiger partial charge < -0.3 is 10.6 Å². The molecule has 1 heterocycles. The van der Waals surface area contributed by atoms with Gasteiger partial charge in [0.1, 0.15) is 4.99 Å². The summed E-state index contributed by atoms with van der Waals surface area (Å²) in [5.74, 6) is 1.22. The summed E-state index contributed by atoms with van der Waals surface area (Å²) in [4.78, 5) is 2.92. The highest BCUT2D eigenvalue weighted by atomic mass is 32.2. The zero-order valence-corrected chi connectivity index (χ0v) is 11.7. The molecule has 0 amide bonds. The number of thioether (sulfide) groups is 1. The maximum Gasteiger partial charge on any atom is 0.103 e. The number of nitrogens with two attached hydrogens (primary N) is 1. The van der Waals surface area contributed by atoms with E-state index < -0.39 is 0 Å². The van der Waals surface area contributed by atoms with Crippen LogP contribution in [0.25, 0.3) is 0 Å². The zero-order valence-electron chi connectivity index (χ0n) is 10.1. The van der Waals surface area contributed by atoms with E-state index in [1.807, 2.05) is 12.1 Å². The second-order valence-electron chi connectivity index (χ2n) is 4.26. The van der Waals surface area contributed by atoms with Crippen molar-refractivity contribution in [1.29, 1.82) is 0 Å². The molecule has 1 aliphatic rings. The van der Waals surface area contributed by atoms with Crippen LogP contribution in [0.1, 0.15) is 18.9 Å². The van der Waals surface area contributed by atoms with Crippen molar-refractivity contribution in [2.45, 2.75) is 18.6 Å². The summed E-state index contributed by atoms with van der Waals surface area (Å²) < 4.78 is 0. The number of benzene rings is 1. The summed E-state index contributed by atoms with van der Waals surface area (Å²) in [6.45, 7) is 4.54. The third-order valence-electron chi connectivity index (χ3n) is 3.11. The lowest BCUT2D eigenvalue weighted by molar-refractivity contribution is 0.728. The average Bonchev–Trinajstić information content (AvgIpc) is 2.39. The van der Waals surface area contributed by atoms with Crippen LogP contribution in [0.4, 0.5) is 5.69 Å². The molecular formula is C13H18N2S2. The van der Waals surface area contributed by atoms with Crippen molar-refractivity contribution in [3.05, 3.63) is 29.8 Å². The van der Waals surface area contributed by atoms with Gasteiger partial charge in [0.2, 0.25) is 0 Å². The van der Waals surface area contributed by atoms with Crippen LogP contribution < -0.4 is 10.6 Å². The smallest absolute Gasteiger partial charge is 0.103 e. The van der Waals surface area contributed by atoms with Crippen LogP contribution in [0.5, 0.6) is 0 Å². The summed E-state index contributed by atoms with van der Waals surface area (Å²) in [5.41, 5.74) is 7.83. The number of hydrogen-bond acceptors (Lipinski definition) is 3. The van der Waals surface area contributed by atoms with E-state index in [4.69, 9.17) is 18.0 Å². The third kappa shape index (κ3) is 3.13. The molecule has 0 aliphatic carbocycles. The molecular weight excluding hydrogens is 248 g/mol. The summed E-state index contributed by atoms with van der Waals surface area (Å²) >= 11 is 7.05. The highest BCUT2D eigenvalue weighted by molar-refractivity contribution is 8.00. The molecule has 0 saturated carbocycles. The summed E-state index contributed by atoms with van der Waals surface area (Å²) in [6, 6.07) is 8.27. The minimum Gasteiger partial charge on any atom is -0.389 e. The standard InChI is InChI=1S/C13H18N2S2/c1-2-12-9-15(7-8-17-12)11-5-3-10(4-6-11)13(14)16/h3-6,12H,2,7-9H2,1H3,(H2,14,16). The van der Waals surface area contributed by atoms with Gasteiger partial charge in [-0.1, -0.05) is 19.1 Å². The van der Waals surface area contributed by atoms with Crippen molar-refractivity contribution < 1.29 is 0 Å². The summed E-state index contributed by atoms with van der Waals surface area (Å²) in [5, 5.41) is 0.763. The van der Waals surface area contributed by atoms with Gasteiger partial charge in [0.05, 0.1) is 0 Å². The Hall–Kier alpha value is -0.740. The molecule has 2 N–H and O–H groups in total. The first-order chi connectivity index (χ1) is 8.20. The molecule has 4 heteroatoms. The predicted octanol–water partition coefficient (Wildman–Crippen LogP) is 2.65. The Labute approximate surface area is 113 Å². The molecule has 1 atom stereocenters. The Kier molecular flexibility index (Phi) is 4.29. The molecule has 1 aromatic rings. The Balaban J connectivity index is 2.08. The van der Waals surface area contributed by atoms with Gasteiger partial charge in [0.15, 0.2) is 0 Å². The molecule has 2 rings (SSSR count). The van der Waals surface area contributed by atoms with Crippen molar-refractivity contribution in [2.75, 3.05) is 23.7 Å². The number of rotatable bonds is 3. The first-order valence-electron chi connectivity index (χ1n) is 5.97. The van der Waals surface area contributed by atoms with Crippen molar-refractivity contribution >= 4 is 34.7 Å². The van der Waals surface area contributed by atoms with Crippen LogP contribution in [0.15, 0.2) is 24.3 Å². The normalized spacial score (nSPS) is 20.3. The highest BCUT2D eigenvalue weighted by Gasteiger charge is 2.18. The van der Waals surface area contributed by atoms with Gasteiger partial charge in [0, 0.05) is 35.3 Å². The number of anilines is 1. The first-order valence-corrected chi connectivity index (χ1v) is 7.43. The maximum atomic E-state index is 5.60. The van der Waals surface area contributed by atoms with E-state index in [2.05, 4.69) is 35.7 Å². The van der Waals surface area contributed by atoms with Crippen LogP contribution in [0.2, 0.25) is 0 Å². The fraction of sp³-hybridized carbons (Fsp3) is 0.462. The van der Waals surface area contributed by atoms with Crippen LogP contribution >= 0.6 is 24.0 Å². The Morgan fingerprint density at radius 1 is 1.47 bits per heavy atom. The monoisotopic (exact) mass is 266 g/mol. The second-order valence-corrected chi connectivity index (χ2v) is 6.11. The molecule has 92 valence electrons. The lowest BCUT2D eigenvalue weighted by atomic mass is 10.2. The van der Waals surface area contributed by atoms with E-state index in [1.54, 1.807) is 0 Å². The predicted molar refractivity (Wildman–Crippen MR) is 81.1 cm³/mol. The van der Waals surface area contributed by atoms with E-state index >= 15 is 0 Å². The molecule has 0 bridgehead atoms. The van der Waals surface area contributed by atoms with Crippen molar-refractivity contribution in [3.8, 4) is 0 Å². The average molecular weight is 266 g/mol. The topological polar surface area (TPSA) is 29.3 Å². The quantitative estimate of drug-likeness (QED) is 0.852. The van der Waals surface area contributed by atoms with Gasteiger partial charge >= 0.3 is 0 Å². The van der Waals surface area contributed by atoms with Gasteiger partial charge in [-0.25, -0.2) is 0 Å². The van der Waals surface area contributed by atoms with E-state index in [-0.39, 0.29) is 0 Å². The van der Waals surface area contributed by atoms with Gasteiger partial charge in [-0.3, -0.25) is 0 Å². The van der Waals surface area contributed by atoms with Crippen LogP contribution in [0.3, 0.4) is 0 Å². The van der Waals surface area contributed by atoms with Crippen LogP contribution in [0, 0.1) is 0 Å². The molecule has 1 saturated heterocycles. The number of nitrogens with zero attached hydrogens (tertiary/aromatic N) is 1. The van der Waals surface area contributed by atoms with Gasteiger partial charge in [-0.15, -0.1) is 0 Å². The van der Waals surface area contributed by atoms with E-state index in [0.29, 0.717) is 4.99 Å². The molecule has 17 heavy (non-hydrogen) atoms. The van der Waals surface area contributed by atoms with Gasteiger partial charge in [-0.05, 0) is 30.7 Å². The van der Waals surface area contributed by atoms with Gasteiger partial charge in [0.25, 0.3) is 0 Å². The second kappa shape index (κ2) is 5.74. The van der Waals surface area contributed by atoms with Crippen LogP contribution in [-0.4, -0.2) is 29.1 Å². The third-order valence-corrected chi connectivity index (χ3v) is 4.72. The van der Waals surface area contributed by atoms with E-state index in [9.17, 15) is 0 Å². The lowest BCUT2D eigenvalue weighted by Crippen LogP contribution is -2.37. The fourth-order valence-corrected chi connectivity index (χ4v) is 3.35. The summed E-state index contributed by atoms with van der Waals surface area (Å²) in [7, 11) is 0. The number of thiocarbonyl (C=S) groups is 1. The SMILES string of the molecule is CCC1CN(c2ccc(C(N)=S)cc2)CCS1. The molecule has 1 aliphatic heterocycles.